The molecule has 0 aliphatic heterocycles. The van der Waals surface area contributed by atoms with Crippen molar-refractivity contribution in [1.82, 2.24) is 19.5 Å². The first-order chi connectivity index (χ1) is 15.0. The van der Waals surface area contributed by atoms with Crippen LogP contribution >= 0.6 is 23.4 Å². The molecule has 31 heavy (non-hydrogen) atoms. The lowest BCUT2D eigenvalue weighted by atomic mass is 10.2. The summed E-state index contributed by atoms with van der Waals surface area (Å²) in [6, 6.07) is 7.95. The second kappa shape index (κ2) is 9.40. The van der Waals surface area contributed by atoms with Gasteiger partial charge in [-0.05, 0) is 24.3 Å². The molecule has 7 nitrogen and oxygen atoms in total. The number of nitrogens with zero attached hydrogens (tertiary/aromatic N) is 4. The molecule has 4 aromatic rings. The van der Waals surface area contributed by atoms with E-state index in [4.69, 9.17) is 21.1 Å². The number of benzene rings is 2. The van der Waals surface area contributed by atoms with Crippen LogP contribution in [0.4, 0.5) is 15.9 Å². The molecule has 0 saturated heterocycles. The highest BCUT2D eigenvalue weighted by molar-refractivity contribution is 7.99. The maximum Gasteiger partial charge on any atom is 0.167 e. The Morgan fingerprint density at radius 2 is 2.03 bits per heavy atom. The van der Waals surface area contributed by atoms with Crippen molar-refractivity contribution in [3.8, 4) is 11.5 Å². The number of imidazole rings is 1. The predicted octanol–water partition coefficient (Wildman–Crippen LogP) is 5.08. The van der Waals surface area contributed by atoms with Crippen LogP contribution < -0.4 is 14.8 Å². The molecule has 0 amide bonds. The number of nitrogens with one attached hydrogen (secondary N) is 1. The Bertz CT molecular complexity index is 1220. The molecule has 2 aromatic heterocycles. The molecule has 1 N–H and O–H groups in total. The van der Waals surface area contributed by atoms with Crippen molar-refractivity contribution in [2.75, 3.05) is 24.8 Å². The summed E-state index contributed by atoms with van der Waals surface area (Å²) in [7, 11) is 3.51. The second-order valence-corrected chi connectivity index (χ2v) is 8.01. The minimum Gasteiger partial charge on any atom is -0.493 e. The minimum atomic E-state index is -0.476. The third-order valence-corrected chi connectivity index (χ3v) is 5.71. The van der Waals surface area contributed by atoms with E-state index in [1.165, 1.54) is 12.4 Å². The lowest BCUT2D eigenvalue weighted by Gasteiger charge is -2.14. The molecule has 0 radical (unpaired) electrons. The van der Waals surface area contributed by atoms with Crippen LogP contribution in [-0.4, -0.2) is 39.0 Å². The first kappa shape index (κ1) is 21.2. The molecular weight excluding hydrogens is 441 g/mol. The number of aromatic nitrogens is 4. The van der Waals surface area contributed by atoms with Crippen LogP contribution in [0.1, 0.15) is 0 Å². The van der Waals surface area contributed by atoms with Gasteiger partial charge in [0.15, 0.2) is 16.7 Å². The molecule has 2 heterocycles. The Kier molecular flexibility index (Phi) is 6.43. The molecule has 4 rings (SSSR count). The summed E-state index contributed by atoms with van der Waals surface area (Å²) in [5, 5.41) is 4.91. The fourth-order valence-electron chi connectivity index (χ4n) is 2.93. The van der Waals surface area contributed by atoms with E-state index in [-0.39, 0.29) is 5.69 Å². The van der Waals surface area contributed by atoms with Gasteiger partial charge in [-0.25, -0.2) is 19.3 Å². The van der Waals surface area contributed by atoms with Crippen molar-refractivity contribution in [3.63, 3.8) is 0 Å². The van der Waals surface area contributed by atoms with Crippen molar-refractivity contribution < 1.29 is 13.9 Å². The van der Waals surface area contributed by atoms with E-state index in [0.29, 0.717) is 39.8 Å². The fourth-order valence-corrected chi connectivity index (χ4v) is 3.84. The normalized spacial score (nSPS) is 11.0. The number of aryl methyl sites for hydroxylation is 1. The van der Waals surface area contributed by atoms with Crippen molar-refractivity contribution in [2.24, 2.45) is 7.05 Å². The molecule has 0 bridgehead atoms. The Morgan fingerprint density at radius 3 is 2.77 bits per heavy atom. The van der Waals surface area contributed by atoms with E-state index >= 15 is 0 Å². The van der Waals surface area contributed by atoms with E-state index < -0.39 is 5.82 Å². The zero-order valence-electron chi connectivity index (χ0n) is 16.8. The van der Waals surface area contributed by atoms with Crippen LogP contribution in [0.25, 0.3) is 10.9 Å². The Morgan fingerprint density at radius 1 is 1.16 bits per heavy atom. The van der Waals surface area contributed by atoms with Gasteiger partial charge < -0.3 is 19.4 Å². The van der Waals surface area contributed by atoms with E-state index in [9.17, 15) is 4.39 Å². The first-order valence-corrected chi connectivity index (χ1v) is 10.7. The van der Waals surface area contributed by atoms with Crippen molar-refractivity contribution in [2.45, 2.75) is 5.16 Å². The van der Waals surface area contributed by atoms with Gasteiger partial charge in [-0.1, -0.05) is 23.4 Å². The molecule has 2 aromatic carbocycles. The van der Waals surface area contributed by atoms with Crippen molar-refractivity contribution >= 4 is 45.8 Å². The Hall–Kier alpha value is -3.04. The number of halogens is 2. The average Bonchev–Trinajstić information content (AvgIpc) is 3.17. The van der Waals surface area contributed by atoms with Crippen LogP contribution in [0, 0.1) is 5.82 Å². The second-order valence-electron chi connectivity index (χ2n) is 6.51. The molecule has 0 aliphatic carbocycles. The number of thioether (sulfide) groups is 1. The zero-order chi connectivity index (χ0) is 21.8. The number of ether oxygens (including phenoxy) is 2. The maximum atomic E-state index is 14.2. The summed E-state index contributed by atoms with van der Waals surface area (Å²) >= 11 is 7.43. The lowest BCUT2D eigenvalue weighted by Crippen LogP contribution is -2.04. The smallest absolute Gasteiger partial charge is 0.167 e. The summed E-state index contributed by atoms with van der Waals surface area (Å²) in [5.74, 6) is 1.79. The molecule has 0 fully saturated rings. The fraction of sp³-hybridized carbons (Fsp3) is 0.190. The molecular formula is C21H19ClFN5O2S. The molecule has 160 valence electrons. The third kappa shape index (κ3) is 4.83. The topological polar surface area (TPSA) is 74.1 Å². The van der Waals surface area contributed by atoms with Crippen LogP contribution in [0.15, 0.2) is 54.2 Å². The summed E-state index contributed by atoms with van der Waals surface area (Å²) in [6.45, 7) is 0.464. The molecule has 0 spiro atoms. The zero-order valence-corrected chi connectivity index (χ0v) is 18.4. The Labute approximate surface area is 187 Å². The summed E-state index contributed by atoms with van der Waals surface area (Å²) < 4.78 is 27.6. The van der Waals surface area contributed by atoms with Gasteiger partial charge in [0.25, 0.3) is 0 Å². The third-order valence-electron chi connectivity index (χ3n) is 4.45. The largest absolute Gasteiger partial charge is 0.493 e. The number of rotatable bonds is 8. The van der Waals surface area contributed by atoms with Gasteiger partial charge >= 0.3 is 0 Å². The SMILES string of the molecule is COc1cc2c(Nc3ccc(Cl)cc3F)ncnc2cc1OCCSc1nccn1C. The number of anilines is 2. The van der Waals surface area contributed by atoms with Gasteiger partial charge in [-0.3, -0.25) is 0 Å². The lowest BCUT2D eigenvalue weighted by molar-refractivity contribution is 0.314. The molecule has 0 aliphatic rings. The number of hydrogen-bond donors (Lipinski definition) is 1. The predicted molar refractivity (Wildman–Crippen MR) is 120 cm³/mol. The molecule has 0 saturated carbocycles. The number of hydrogen-bond acceptors (Lipinski definition) is 7. The quantitative estimate of drug-likeness (QED) is 0.291. The number of fused-ring (bicyclic) bond motifs is 1. The molecule has 0 atom stereocenters. The highest BCUT2D eigenvalue weighted by Crippen LogP contribution is 2.35. The average molecular weight is 460 g/mol. The van der Waals surface area contributed by atoms with Gasteiger partial charge in [0.2, 0.25) is 0 Å². The van der Waals surface area contributed by atoms with Crippen LogP contribution in [0.3, 0.4) is 0 Å². The summed E-state index contributed by atoms with van der Waals surface area (Å²) in [6.07, 6.45) is 5.07. The number of methoxy groups -OCH3 is 1. The highest BCUT2D eigenvalue weighted by Gasteiger charge is 2.13. The van der Waals surface area contributed by atoms with Gasteiger partial charge in [0, 0.05) is 41.7 Å². The van der Waals surface area contributed by atoms with E-state index in [1.807, 2.05) is 17.8 Å². The summed E-state index contributed by atoms with van der Waals surface area (Å²) in [4.78, 5) is 12.8. The monoisotopic (exact) mass is 459 g/mol. The molecule has 10 heteroatoms. The van der Waals surface area contributed by atoms with E-state index in [2.05, 4.69) is 20.3 Å². The Balaban J connectivity index is 1.54. The highest BCUT2D eigenvalue weighted by atomic mass is 35.5. The standard InChI is InChI=1S/C21H19ClFN5O2S/c1-28-6-5-24-21(28)31-8-7-30-19-11-17-14(10-18(19)29-2)20(26-12-25-17)27-16-4-3-13(22)9-15(16)23/h3-6,9-12H,7-8H2,1-2H3,(H,25,26,27). The van der Waals surface area contributed by atoms with Crippen LogP contribution in [-0.2, 0) is 7.05 Å². The van der Waals surface area contributed by atoms with Gasteiger partial charge in [0.1, 0.15) is 18.0 Å². The van der Waals surface area contributed by atoms with Crippen molar-refractivity contribution in [3.05, 3.63) is 59.9 Å². The van der Waals surface area contributed by atoms with E-state index in [0.717, 1.165) is 10.9 Å². The van der Waals surface area contributed by atoms with Crippen LogP contribution in [0.2, 0.25) is 5.02 Å². The minimum absolute atomic E-state index is 0.259. The van der Waals surface area contributed by atoms with Crippen molar-refractivity contribution in [1.29, 1.82) is 0 Å². The molecule has 0 unspecified atom stereocenters. The first-order valence-electron chi connectivity index (χ1n) is 9.33. The van der Waals surface area contributed by atoms with E-state index in [1.54, 1.807) is 49.3 Å². The summed E-state index contributed by atoms with van der Waals surface area (Å²) in [5.41, 5.74) is 0.898. The van der Waals surface area contributed by atoms with Gasteiger partial charge in [-0.15, -0.1) is 0 Å². The van der Waals surface area contributed by atoms with Crippen LogP contribution in [0.5, 0.6) is 11.5 Å². The van der Waals surface area contributed by atoms with Gasteiger partial charge in [-0.2, -0.15) is 0 Å². The maximum absolute atomic E-state index is 14.2. The van der Waals surface area contributed by atoms with Gasteiger partial charge in [0.05, 0.1) is 24.9 Å².